The smallest absolute Gasteiger partial charge is 0.185 e. The molecular formula is C7H16BNO. The van der Waals surface area contributed by atoms with Gasteiger partial charge in [0.15, 0.2) is 7.98 Å². The molecule has 0 aromatic heterocycles. The molecule has 1 fully saturated rings. The van der Waals surface area contributed by atoms with Crippen LogP contribution in [0.25, 0.3) is 0 Å². The topological polar surface area (TPSA) is 23.5 Å². The summed E-state index contributed by atoms with van der Waals surface area (Å²) >= 11 is 0. The van der Waals surface area contributed by atoms with Gasteiger partial charge < -0.3 is 9.92 Å². The molecule has 10 heavy (non-hydrogen) atoms. The standard InChI is InChI=1S/C7H16BNO/c8-9-5-2-1-3-7(9)4-6-10/h7,10H,1-6,8H2. The Morgan fingerprint density at radius 3 is 2.90 bits per heavy atom. The fourth-order valence-corrected chi connectivity index (χ4v) is 1.66. The van der Waals surface area contributed by atoms with Crippen molar-refractivity contribution in [3.8, 4) is 0 Å². The highest BCUT2D eigenvalue weighted by Crippen LogP contribution is 2.16. The minimum Gasteiger partial charge on any atom is -0.396 e. The van der Waals surface area contributed by atoms with Crippen molar-refractivity contribution >= 4 is 7.98 Å². The molecule has 1 atom stereocenters. The van der Waals surface area contributed by atoms with Crippen molar-refractivity contribution in [1.29, 1.82) is 0 Å². The quantitative estimate of drug-likeness (QED) is 0.537. The van der Waals surface area contributed by atoms with Crippen molar-refractivity contribution in [1.82, 2.24) is 4.81 Å². The zero-order valence-electron chi connectivity index (χ0n) is 6.71. The van der Waals surface area contributed by atoms with E-state index in [0.717, 1.165) is 6.42 Å². The van der Waals surface area contributed by atoms with Crippen molar-refractivity contribution < 1.29 is 5.11 Å². The largest absolute Gasteiger partial charge is 0.396 e. The Labute approximate surface area is 63.7 Å². The van der Waals surface area contributed by atoms with Crippen LogP contribution in [0.4, 0.5) is 0 Å². The van der Waals surface area contributed by atoms with Crippen LogP contribution in [0.5, 0.6) is 0 Å². The number of aliphatic hydroxyl groups excluding tert-OH is 1. The van der Waals surface area contributed by atoms with E-state index in [0.29, 0.717) is 12.6 Å². The number of hydrogen-bond acceptors (Lipinski definition) is 2. The number of hydrogen-bond donors (Lipinski definition) is 1. The SMILES string of the molecule is BN1CCCCC1CCO. The molecule has 1 unspecified atom stereocenters. The number of piperidine rings is 1. The Bertz CT molecular complexity index is 97.6. The number of aliphatic hydroxyl groups is 1. The van der Waals surface area contributed by atoms with Crippen LogP contribution in [-0.2, 0) is 0 Å². The van der Waals surface area contributed by atoms with Crippen LogP contribution in [0, 0.1) is 0 Å². The van der Waals surface area contributed by atoms with Gasteiger partial charge in [-0.15, -0.1) is 0 Å². The molecular weight excluding hydrogens is 125 g/mol. The van der Waals surface area contributed by atoms with Gasteiger partial charge in [-0.2, -0.15) is 0 Å². The van der Waals surface area contributed by atoms with Crippen molar-refractivity contribution in [2.24, 2.45) is 0 Å². The zero-order chi connectivity index (χ0) is 7.40. The lowest BCUT2D eigenvalue weighted by Crippen LogP contribution is -2.37. The van der Waals surface area contributed by atoms with Crippen molar-refractivity contribution in [3.63, 3.8) is 0 Å². The minimum atomic E-state index is 0.342. The molecule has 0 bridgehead atoms. The molecule has 0 amide bonds. The summed E-state index contributed by atoms with van der Waals surface area (Å²) in [6, 6.07) is 0.652. The third-order valence-electron chi connectivity index (χ3n) is 2.38. The average Bonchev–Trinajstić information content (AvgIpc) is 1.94. The maximum atomic E-state index is 8.71. The fourth-order valence-electron chi connectivity index (χ4n) is 1.66. The molecule has 0 aromatic rings. The first kappa shape index (κ1) is 8.09. The van der Waals surface area contributed by atoms with Gasteiger partial charge in [0.2, 0.25) is 0 Å². The van der Waals surface area contributed by atoms with E-state index >= 15 is 0 Å². The third-order valence-corrected chi connectivity index (χ3v) is 2.38. The van der Waals surface area contributed by atoms with Crippen LogP contribution in [0.3, 0.4) is 0 Å². The normalized spacial score (nSPS) is 28.7. The summed E-state index contributed by atoms with van der Waals surface area (Å²) in [5, 5.41) is 8.71. The Kier molecular flexibility index (Phi) is 3.22. The van der Waals surface area contributed by atoms with Crippen LogP contribution in [-0.4, -0.2) is 37.1 Å². The molecule has 1 aliphatic heterocycles. The van der Waals surface area contributed by atoms with E-state index in [1.807, 2.05) is 0 Å². The molecule has 1 N–H and O–H groups in total. The third kappa shape index (κ3) is 1.99. The van der Waals surface area contributed by atoms with Gasteiger partial charge in [0, 0.05) is 12.6 Å². The maximum absolute atomic E-state index is 8.71. The molecule has 0 aromatic carbocycles. The van der Waals surface area contributed by atoms with Crippen LogP contribution < -0.4 is 0 Å². The predicted molar refractivity (Wildman–Crippen MR) is 44.6 cm³/mol. The van der Waals surface area contributed by atoms with E-state index in [4.69, 9.17) is 5.11 Å². The van der Waals surface area contributed by atoms with E-state index < -0.39 is 0 Å². The molecule has 1 heterocycles. The Morgan fingerprint density at radius 1 is 1.50 bits per heavy atom. The molecule has 1 rings (SSSR count). The molecule has 0 radical (unpaired) electrons. The lowest BCUT2D eigenvalue weighted by molar-refractivity contribution is 0.196. The summed E-state index contributed by atoms with van der Waals surface area (Å²) < 4.78 is 0. The summed E-state index contributed by atoms with van der Waals surface area (Å²) in [7, 11) is 2.15. The highest BCUT2D eigenvalue weighted by molar-refractivity contribution is 6.04. The first-order chi connectivity index (χ1) is 4.84. The summed E-state index contributed by atoms with van der Waals surface area (Å²) in [5.41, 5.74) is 0. The van der Waals surface area contributed by atoms with Crippen molar-refractivity contribution in [2.45, 2.75) is 31.7 Å². The monoisotopic (exact) mass is 141 g/mol. The van der Waals surface area contributed by atoms with E-state index in [9.17, 15) is 0 Å². The van der Waals surface area contributed by atoms with Crippen LogP contribution in [0.15, 0.2) is 0 Å². The number of nitrogens with zero attached hydrogens (tertiary/aromatic N) is 1. The molecule has 58 valence electrons. The highest BCUT2D eigenvalue weighted by Gasteiger charge is 2.16. The van der Waals surface area contributed by atoms with Gasteiger partial charge in [-0.25, -0.2) is 0 Å². The average molecular weight is 141 g/mol. The van der Waals surface area contributed by atoms with Crippen LogP contribution in [0.2, 0.25) is 0 Å². The highest BCUT2D eigenvalue weighted by atomic mass is 16.3. The summed E-state index contributed by atoms with van der Waals surface area (Å²) in [6.07, 6.45) is 4.90. The van der Waals surface area contributed by atoms with Crippen LogP contribution >= 0.6 is 0 Å². The van der Waals surface area contributed by atoms with E-state index in [2.05, 4.69) is 12.8 Å². The van der Waals surface area contributed by atoms with Crippen molar-refractivity contribution in [3.05, 3.63) is 0 Å². The minimum absolute atomic E-state index is 0.342. The molecule has 1 aliphatic rings. The summed E-state index contributed by atoms with van der Waals surface area (Å²) in [4.78, 5) is 2.36. The molecule has 0 spiro atoms. The second kappa shape index (κ2) is 3.99. The Balaban J connectivity index is 2.25. The second-order valence-electron chi connectivity index (χ2n) is 3.14. The van der Waals surface area contributed by atoms with Gasteiger partial charge in [-0.1, -0.05) is 6.42 Å². The Hall–Kier alpha value is -0.0151. The predicted octanol–water partition coefficient (Wildman–Crippen LogP) is -0.229. The maximum Gasteiger partial charge on any atom is 0.185 e. The number of rotatable bonds is 2. The Morgan fingerprint density at radius 2 is 2.30 bits per heavy atom. The molecule has 0 saturated carbocycles. The zero-order valence-corrected chi connectivity index (χ0v) is 6.71. The molecule has 0 aliphatic carbocycles. The first-order valence-corrected chi connectivity index (χ1v) is 4.15. The van der Waals surface area contributed by atoms with Gasteiger partial charge in [0.1, 0.15) is 0 Å². The molecule has 1 saturated heterocycles. The van der Waals surface area contributed by atoms with Crippen LogP contribution in [0.1, 0.15) is 25.7 Å². The second-order valence-corrected chi connectivity index (χ2v) is 3.14. The van der Waals surface area contributed by atoms with E-state index in [-0.39, 0.29) is 0 Å². The lowest BCUT2D eigenvalue weighted by Gasteiger charge is -2.32. The van der Waals surface area contributed by atoms with Gasteiger partial charge in [0.25, 0.3) is 0 Å². The molecule has 2 nitrogen and oxygen atoms in total. The summed E-state index contributed by atoms with van der Waals surface area (Å²) in [5.74, 6) is 0. The van der Waals surface area contributed by atoms with Crippen molar-refractivity contribution in [2.75, 3.05) is 13.2 Å². The first-order valence-electron chi connectivity index (χ1n) is 4.15. The van der Waals surface area contributed by atoms with Gasteiger partial charge >= 0.3 is 0 Å². The van der Waals surface area contributed by atoms with Gasteiger partial charge in [-0.05, 0) is 25.8 Å². The van der Waals surface area contributed by atoms with E-state index in [1.54, 1.807) is 0 Å². The molecule has 3 heteroatoms. The van der Waals surface area contributed by atoms with E-state index in [1.165, 1.54) is 25.8 Å². The van der Waals surface area contributed by atoms with Gasteiger partial charge in [-0.3, -0.25) is 0 Å². The summed E-state index contributed by atoms with van der Waals surface area (Å²) in [6.45, 7) is 1.56. The fraction of sp³-hybridized carbons (Fsp3) is 1.00. The lowest BCUT2D eigenvalue weighted by atomic mass is 9.96. The van der Waals surface area contributed by atoms with Gasteiger partial charge in [0.05, 0.1) is 0 Å².